The lowest BCUT2D eigenvalue weighted by atomic mass is 10.0. The summed E-state index contributed by atoms with van der Waals surface area (Å²) < 4.78 is 0. The quantitative estimate of drug-likeness (QED) is 0.290. The van der Waals surface area contributed by atoms with E-state index in [1.54, 1.807) is 0 Å². The minimum atomic E-state index is -2.78. The van der Waals surface area contributed by atoms with E-state index in [0.717, 1.165) is 12.2 Å². The van der Waals surface area contributed by atoms with Crippen LogP contribution < -0.4 is 0 Å². The van der Waals surface area contributed by atoms with Crippen molar-refractivity contribution in [2.45, 2.75) is 11.9 Å². The van der Waals surface area contributed by atoms with Crippen LogP contribution in [0.2, 0.25) is 0 Å². The smallest absolute Gasteiger partial charge is 0.257 e. The average molecular weight is 160 g/mol. The Morgan fingerprint density at radius 3 is 2.18 bits per heavy atom. The fraction of sp³-hybridized carbons (Fsp3) is 0.333. The van der Waals surface area contributed by atoms with Crippen molar-refractivity contribution in [3.8, 4) is 0 Å². The van der Waals surface area contributed by atoms with Crippen LogP contribution in [-0.4, -0.2) is 37.4 Å². The maximum Gasteiger partial charge on any atom is 0.257 e. The average Bonchev–Trinajstić information content (AvgIpc) is 1.95. The van der Waals surface area contributed by atoms with Crippen LogP contribution in [0.3, 0.4) is 0 Å². The van der Waals surface area contributed by atoms with Gasteiger partial charge in [0.25, 0.3) is 5.79 Å². The molecule has 0 aromatic carbocycles. The highest BCUT2D eigenvalue weighted by molar-refractivity contribution is 5.26. The predicted octanol–water partition coefficient (Wildman–Crippen LogP) is -1.07. The molecule has 0 aromatic heterocycles. The van der Waals surface area contributed by atoms with Crippen molar-refractivity contribution in [3.05, 3.63) is 23.7 Å². The second-order valence-corrected chi connectivity index (χ2v) is 2.27. The molecule has 1 rings (SSSR count). The molecule has 0 heterocycles. The Morgan fingerprint density at radius 2 is 1.73 bits per heavy atom. The standard InChI is InChI=1S/C6H8O5/c7-3-1-2-4(8)6(10,11)5(3)9/h1-2,5,7-11H. The summed E-state index contributed by atoms with van der Waals surface area (Å²) in [6.45, 7) is 0. The molecule has 1 atom stereocenters. The predicted molar refractivity (Wildman–Crippen MR) is 34.6 cm³/mol. The summed E-state index contributed by atoms with van der Waals surface area (Å²) in [7, 11) is 0. The largest absolute Gasteiger partial charge is 0.509 e. The zero-order chi connectivity index (χ0) is 8.65. The molecule has 0 spiro atoms. The number of rotatable bonds is 0. The van der Waals surface area contributed by atoms with Crippen molar-refractivity contribution in [1.82, 2.24) is 0 Å². The van der Waals surface area contributed by atoms with Crippen molar-refractivity contribution in [2.24, 2.45) is 0 Å². The minimum Gasteiger partial charge on any atom is -0.509 e. The molecule has 62 valence electrons. The molecule has 5 nitrogen and oxygen atoms in total. The van der Waals surface area contributed by atoms with Crippen molar-refractivity contribution >= 4 is 0 Å². The highest BCUT2D eigenvalue weighted by Gasteiger charge is 2.42. The van der Waals surface area contributed by atoms with Gasteiger partial charge in [0, 0.05) is 0 Å². The lowest BCUT2D eigenvalue weighted by molar-refractivity contribution is -0.212. The number of aliphatic hydroxyl groups excluding tert-OH is 3. The van der Waals surface area contributed by atoms with Crippen molar-refractivity contribution in [1.29, 1.82) is 0 Å². The summed E-state index contributed by atoms with van der Waals surface area (Å²) in [6, 6.07) is 0. The Kier molecular flexibility index (Phi) is 1.63. The Hall–Kier alpha value is -1.04. The summed E-state index contributed by atoms with van der Waals surface area (Å²) >= 11 is 0. The van der Waals surface area contributed by atoms with Gasteiger partial charge in [-0.05, 0) is 12.2 Å². The maximum atomic E-state index is 8.87. The first kappa shape index (κ1) is 8.06. The molecule has 0 radical (unpaired) electrons. The van der Waals surface area contributed by atoms with Crippen LogP contribution in [0.5, 0.6) is 0 Å². The normalized spacial score (nSPS) is 29.2. The molecule has 0 fully saturated rings. The zero-order valence-electron chi connectivity index (χ0n) is 5.47. The van der Waals surface area contributed by atoms with E-state index in [2.05, 4.69) is 0 Å². The summed E-state index contributed by atoms with van der Waals surface area (Å²) in [6.07, 6.45) is -0.0280. The van der Waals surface area contributed by atoms with E-state index >= 15 is 0 Å². The van der Waals surface area contributed by atoms with E-state index in [9.17, 15) is 0 Å². The number of allylic oxidation sites excluding steroid dienone is 2. The number of hydrogen-bond acceptors (Lipinski definition) is 5. The third-order valence-corrected chi connectivity index (χ3v) is 1.45. The van der Waals surface area contributed by atoms with Gasteiger partial charge in [0.2, 0.25) is 0 Å². The first-order chi connectivity index (χ1) is 4.96. The van der Waals surface area contributed by atoms with Gasteiger partial charge < -0.3 is 25.5 Å². The van der Waals surface area contributed by atoms with Gasteiger partial charge >= 0.3 is 0 Å². The highest BCUT2D eigenvalue weighted by atomic mass is 16.5. The zero-order valence-corrected chi connectivity index (χ0v) is 5.47. The van der Waals surface area contributed by atoms with Crippen LogP contribution in [0.15, 0.2) is 23.7 Å². The second kappa shape index (κ2) is 2.23. The Balaban J connectivity index is 3.03. The monoisotopic (exact) mass is 160 g/mol. The van der Waals surface area contributed by atoms with E-state index in [-0.39, 0.29) is 0 Å². The molecule has 0 saturated carbocycles. The lowest BCUT2D eigenvalue weighted by Crippen LogP contribution is -2.46. The van der Waals surface area contributed by atoms with E-state index < -0.39 is 23.4 Å². The number of aliphatic hydroxyl groups is 5. The second-order valence-electron chi connectivity index (χ2n) is 2.27. The Labute approximate surface area is 62.2 Å². The molecule has 5 N–H and O–H groups in total. The van der Waals surface area contributed by atoms with E-state index in [0.29, 0.717) is 0 Å². The van der Waals surface area contributed by atoms with E-state index in [4.69, 9.17) is 25.5 Å². The molecular formula is C6H8O5. The molecule has 1 unspecified atom stereocenters. The molecule has 11 heavy (non-hydrogen) atoms. The molecule has 0 bridgehead atoms. The van der Waals surface area contributed by atoms with Crippen molar-refractivity contribution in [3.63, 3.8) is 0 Å². The van der Waals surface area contributed by atoms with Gasteiger partial charge in [-0.25, -0.2) is 0 Å². The number of hydrogen-bond donors (Lipinski definition) is 5. The third kappa shape index (κ3) is 1.09. The third-order valence-electron chi connectivity index (χ3n) is 1.45. The van der Waals surface area contributed by atoms with Gasteiger partial charge in [-0.15, -0.1) is 0 Å². The molecule has 0 amide bonds. The highest BCUT2D eigenvalue weighted by Crippen LogP contribution is 2.24. The van der Waals surface area contributed by atoms with Crippen LogP contribution in [-0.2, 0) is 0 Å². The van der Waals surface area contributed by atoms with Gasteiger partial charge in [-0.1, -0.05) is 0 Å². The molecule has 0 aromatic rings. The van der Waals surface area contributed by atoms with Gasteiger partial charge in [-0.3, -0.25) is 0 Å². The first-order valence-electron chi connectivity index (χ1n) is 2.89. The fourth-order valence-corrected chi connectivity index (χ4v) is 0.724. The van der Waals surface area contributed by atoms with Crippen LogP contribution in [0.1, 0.15) is 0 Å². The van der Waals surface area contributed by atoms with Crippen LogP contribution in [0.4, 0.5) is 0 Å². The van der Waals surface area contributed by atoms with Crippen LogP contribution in [0, 0.1) is 0 Å². The molecule has 0 aliphatic heterocycles. The summed E-state index contributed by atoms with van der Waals surface area (Å²) in [5.74, 6) is -4.19. The minimum absolute atomic E-state index is 0.604. The Bertz CT molecular complexity index is 227. The van der Waals surface area contributed by atoms with Crippen LogP contribution in [0.25, 0.3) is 0 Å². The van der Waals surface area contributed by atoms with Gasteiger partial charge in [0.15, 0.2) is 11.9 Å². The first-order valence-corrected chi connectivity index (χ1v) is 2.89. The summed E-state index contributed by atoms with van der Waals surface area (Å²) in [5.41, 5.74) is 0. The lowest BCUT2D eigenvalue weighted by Gasteiger charge is -2.28. The molecular weight excluding hydrogens is 152 g/mol. The molecule has 1 aliphatic rings. The Morgan fingerprint density at radius 1 is 1.18 bits per heavy atom. The fourth-order valence-electron chi connectivity index (χ4n) is 0.724. The van der Waals surface area contributed by atoms with Gasteiger partial charge in [-0.2, -0.15) is 0 Å². The van der Waals surface area contributed by atoms with E-state index in [1.807, 2.05) is 0 Å². The van der Waals surface area contributed by atoms with Crippen LogP contribution >= 0.6 is 0 Å². The van der Waals surface area contributed by atoms with Gasteiger partial charge in [0.05, 0.1) is 0 Å². The molecule has 5 heteroatoms. The topological polar surface area (TPSA) is 101 Å². The van der Waals surface area contributed by atoms with E-state index in [1.165, 1.54) is 0 Å². The summed E-state index contributed by atoms with van der Waals surface area (Å²) in [5, 5.41) is 44.1. The molecule has 0 saturated heterocycles. The molecule has 1 aliphatic carbocycles. The SMILES string of the molecule is OC1=CC=C(O)C(O)(O)C1O. The van der Waals surface area contributed by atoms with Crippen molar-refractivity contribution < 1.29 is 25.5 Å². The summed E-state index contributed by atoms with van der Waals surface area (Å²) in [4.78, 5) is 0. The van der Waals surface area contributed by atoms with Gasteiger partial charge in [0.1, 0.15) is 5.76 Å². The maximum absolute atomic E-state index is 8.87. The van der Waals surface area contributed by atoms with Crippen molar-refractivity contribution in [2.75, 3.05) is 0 Å².